The van der Waals surface area contributed by atoms with Crippen LogP contribution in [0.15, 0.2) is 34.3 Å². The van der Waals surface area contributed by atoms with E-state index in [1.165, 1.54) is 5.57 Å². The summed E-state index contributed by atoms with van der Waals surface area (Å²) in [6.45, 7) is 1.93. The van der Waals surface area contributed by atoms with Gasteiger partial charge in [-0.15, -0.1) is 0 Å². The van der Waals surface area contributed by atoms with Gasteiger partial charge in [-0.05, 0) is 31.6 Å². The van der Waals surface area contributed by atoms with Crippen molar-refractivity contribution in [2.45, 2.75) is 26.2 Å². The van der Waals surface area contributed by atoms with E-state index in [-0.39, 0.29) is 0 Å². The van der Waals surface area contributed by atoms with E-state index in [1.54, 1.807) is 0 Å². The van der Waals surface area contributed by atoms with E-state index < -0.39 is 0 Å². The molecule has 1 aliphatic rings. The monoisotopic (exact) mass is 202 g/mol. The lowest BCUT2D eigenvalue weighted by atomic mass is 9.98. The van der Waals surface area contributed by atoms with Crippen molar-refractivity contribution < 1.29 is 9.21 Å². The van der Waals surface area contributed by atoms with Crippen LogP contribution in [-0.2, 0) is 4.79 Å². The number of rotatable bonds is 2. The van der Waals surface area contributed by atoms with Crippen molar-refractivity contribution >= 4 is 11.9 Å². The Morgan fingerprint density at radius 3 is 2.73 bits per heavy atom. The second-order valence-corrected chi connectivity index (χ2v) is 3.80. The Morgan fingerprint density at radius 1 is 1.27 bits per heavy atom. The molecule has 1 aliphatic carbocycles. The van der Waals surface area contributed by atoms with E-state index in [1.807, 2.05) is 37.3 Å². The van der Waals surface area contributed by atoms with Gasteiger partial charge in [-0.3, -0.25) is 4.79 Å². The highest BCUT2D eigenvalue weighted by Gasteiger charge is 2.07. The molecule has 15 heavy (non-hydrogen) atoms. The van der Waals surface area contributed by atoms with Gasteiger partial charge in [-0.2, -0.15) is 0 Å². The molecule has 0 radical (unpaired) electrons. The minimum absolute atomic E-state index is 0.334. The third kappa shape index (κ3) is 2.69. The smallest absolute Gasteiger partial charge is 0.137 e. The Kier molecular flexibility index (Phi) is 2.86. The van der Waals surface area contributed by atoms with Crippen LogP contribution < -0.4 is 0 Å². The van der Waals surface area contributed by atoms with Crippen LogP contribution >= 0.6 is 0 Å². The van der Waals surface area contributed by atoms with Crippen molar-refractivity contribution in [3.8, 4) is 0 Å². The van der Waals surface area contributed by atoms with Gasteiger partial charge in [-0.1, -0.05) is 17.7 Å². The van der Waals surface area contributed by atoms with E-state index in [4.69, 9.17) is 4.42 Å². The maximum Gasteiger partial charge on any atom is 0.137 e. The fourth-order valence-electron chi connectivity index (χ4n) is 1.62. The first-order valence-electron chi connectivity index (χ1n) is 5.19. The molecule has 2 rings (SSSR count). The molecule has 2 nitrogen and oxygen atoms in total. The molecular weight excluding hydrogens is 188 g/mol. The summed E-state index contributed by atoms with van der Waals surface area (Å²) in [7, 11) is 0. The largest absolute Gasteiger partial charge is 0.462 e. The third-order valence-corrected chi connectivity index (χ3v) is 2.51. The molecular formula is C13H14O2. The first-order valence-corrected chi connectivity index (χ1v) is 5.19. The van der Waals surface area contributed by atoms with E-state index in [0.717, 1.165) is 17.9 Å². The maximum atomic E-state index is 11.0. The van der Waals surface area contributed by atoms with E-state index in [9.17, 15) is 4.79 Å². The van der Waals surface area contributed by atoms with Crippen LogP contribution in [-0.4, -0.2) is 5.78 Å². The van der Waals surface area contributed by atoms with Crippen molar-refractivity contribution in [3.05, 3.63) is 41.4 Å². The van der Waals surface area contributed by atoms with Crippen LogP contribution in [0.25, 0.3) is 6.08 Å². The number of allylic oxidation sites excluding steroid dienone is 3. The van der Waals surface area contributed by atoms with E-state index in [0.29, 0.717) is 18.6 Å². The average molecular weight is 202 g/mol. The van der Waals surface area contributed by atoms with Gasteiger partial charge in [0, 0.05) is 12.8 Å². The Labute approximate surface area is 89.3 Å². The lowest BCUT2D eigenvalue weighted by Crippen LogP contribution is -2.01. The lowest BCUT2D eigenvalue weighted by Gasteiger charge is -2.06. The van der Waals surface area contributed by atoms with Gasteiger partial charge in [0.05, 0.1) is 0 Å². The summed E-state index contributed by atoms with van der Waals surface area (Å²) >= 11 is 0. The molecule has 2 heteroatoms. The average Bonchev–Trinajstić information content (AvgIpc) is 2.64. The minimum Gasteiger partial charge on any atom is -0.462 e. The molecule has 0 saturated heterocycles. The molecule has 0 aromatic carbocycles. The molecule has 1 aromatic rings. The minimum atomic E-state index is 0.334. The quantitative estimate of drug-likeness (QED) is 0.736. The first-order chi connectivity index (χ1) is 7.24. The Morgan fingerprint density at radius 2 is 2.13 bits per heavy atom. The number of Topliss-reactive ketones (excluding diaryl/α,β-unsaturated/α-hetero) is 1. The molecule has 78 valence electrons. The molecule has 0 fully saturated rings. The van der Waals surface area contributed by atoms with E-state index in [2.05, 4.69) is 0 Å². The summed E-state index contributed by atoms with van der Waals surface area (Å²) in [6.07, 6.45) is 8.09. The van der Waals surface area contributed by atoms with Gasteiger partial charge in [0.2, 0.25) is 0 Å². The summed E-state index contributed by atoms with van der Waals surface area (Å²) < 4.78 is 5.41. The molecule has 1 heterocycles. The summed E-state index contributed by atoms with van der Waals surface area (Å²) in [5.74, 6) is 2.12. The van der Waals surface area contributed by atoms with E-state index >= 15 is 0 Å². The molecule has 0 aliphatic heterocycles. The number of furan rings is 1. The summed E-state index contributed by atoms with van der Waals surface area (Å²) in [4.78, 5) is 11.0. The number of carbonyl (C=O) groups excluding carboxylic acids is 1. The van der Waals surface area contributed by atoms with Gasteiger partial charge in [0.1, 0.15) is 17.3 Å². The fourth-order valence-corrected chi connectivity index (χ4v) is 1.62. The number of hydrogen-bond acceptors (Lipinski definition) is 2. The zero-order chi connectivity index (χ0) is 10.7. The Hall–Kier alpha value is -1.57. The Balaban J connectivity index is 2.03. The fraction of sp³-hybridized carbons (Fsp3) is 0.308. The predicted octanol–water partition coefficient (Wildman–Crippen LogP) is 3.28. The SMILES string of the molecule is Cc1ccc(/C=C/C2=CCC(=O)CC2)o1. The highest BCUT2D eigenvalue weighted by atomic mass is 16.3. The number of ketones is 1. The van der Waals surface area contributed by atoms with Crippen LogP contribution in [0.5, 0.6) is 0 Å². The topological polar surface area (TPSA) is 30.2 Å². The van der Waals surface area contributed by atoms with Gasteiger partial charge in [0.15, 0.2) is 0 Å². The third-order valence-electron chi connectivity index (χ3n) is 2.51. The van der Waals surface area contributed by atoms with Gasteiger partial charge in [0.25, 0.3) is 0 Å². The predicted molar refractivity (Wildman–Crippen MR) is 59.4 cm³/mol. The highest BCUT2D eigenvalue weighted by Crippen LogP contribution is 2.17. The molecule has 0 amide bonds. The lowest BCUT2D eigenvalue weighted by molar-refractivity contribution is -0.118. The number of carbonyl (C=O) groups is 1. The van der Waals surface area contributed by atoms with Crippen molar-refractivity contribution in [1.82, 2.24) is 0 Å². The highest BCUT2D eigenvalue weighted by molar-refractivity contribution is 5.81. The van der Waals surface area contributed by atoms with Crippen molar-refractivity contribution in [1.29, 1.82) is 0 Å². The van der Waals surface area contributed by atoms with Crippen LogP contribution in [0.3, 0.4) is 0 Å². The zero-order valence-corrected chi connectivity index (χ0v) is 8.82. The molecule has 1 aromatic heterocycles. The van der Waals surface area contributed by atoms with Crippen molar-refractivity contribution in [2.75, 3.05) is 0 Å². The van der Waals surface area contributed by atoms with Gasteiger partial charge >= 0.3 is 0 Å². The number of hydrogen-bond donors (Lipinski definition) is 0. The molecule has 0 unspecified atom stereocenters. The summed E-state index contributed by atoms with van der Waals surface area (Å²) in [6, 6.07) is 3.89. The van der Waals surface area contributed by atoms with Gasteiger partial charge in [-0.25, -0.2) is 0 Å². The Bertz CT molecular complexity index is 421. The second-order valence-electron chi connectivity index (χ2n) is 3.80. The van der Waals surface area contributed by atoms with Crippen LogP contribution in [0.1, 0.15) is 30.8 Å². The van der Waals surface area contributed by atoms with Crippen molar-refractivity contribution in [3.63, 3.8) is 0 Å². The van der Waals surface area contributed by atoms with Crippen molar-refractivity contribution in [2.24, 2.45) is 0 Å². The number of aryl methyl sites for hydroxylation is 1. The normalized spacial score (nSPS) is 17.1. The molecule has 0 atom stereocenters. The first kappa shape index (κ1) is 9.97. The molecule has 0 saturated carbocycles. The zero-order valence-electron chi connectivity index (χ0n) is 8.82. The molecule has 0 bridgehead atoms. The molecule has 0 N–H and O–H groups in total. The summed E-state index contributed by atoms with van der Waals surface area (Å²) in [5.41, 5.74) is 1.23. The maximum absolute atomic E-state index is 11.0. The van der Waals surface area contributed by atoms with Crippen LogP contribution in [0, 0.1) is 6.92 Å². The van der Waals surface area contributed by atoms with Gasteiger partial charge < -0.3 is 4.42 Å². The second kappa shape index (κ2) is 4.30. The molecule has 0 spiro atoms. The summed E-state index contributed by atoms with van der Waals surface area (Å²) in [5, 5.41) is 0. The van der Waals surface area contributed by atoms with Crippen LogP contribution in [0.2, 0.25) is 0 Å². The van der Waals surface area contributed by atoms with Crippen LogP contribution in [0.4, 0.5) is 0 Å². The standard InChI is InChI=1S/C13H14O2/c1-10-2-8-13(15-10)9-5-11-3-6-12(14)7-4-11/h2-3,5,8-9H,4,6-7H2,1H3/b9-5+.